The zero-order chi connectivity index (χ0) is 13.0. The van der Waals surface area contributed by atoms with Crippen molar-refractivity contribution in [3.63, 3.8) is 0 Å². The molecule has 1 fully saturated rings. The van der Waals surface area contributed by atoms with E-state index in [0.29, 0.717) is 12.6 Å². The van der Waals surface area contributed by atoms with Gasteiger partial charge in [-0.25, -0.2) is 0 Å². The summed E-state index contributed by atoms with van der Waals surface area (Å²) in [7, 11) is 1.75. The van der Waals surface area contributed by atoms with E-state index >= 15 is 0 Å². The summed E-state index contributed by atoms with van der Waals surface area (Å²) in [5.41, 5.74) is 7.29. The predicted octanol–water partition coefficient (Wildman–Crippen LogP) is 2.56. The summed E-state index contributed by atoms with van der Waals surface area (Å²) in [6, 6.07) is 9.31. The van der Waals surface area contributed by atoms with Gasteiger partial charge in [0.15, 0.2) is 0 Å². The average molecular weight is 313 g/mol. The van der Waals surface area contributed by atoms with E-state index in [2.05, 4.69) is 39.0 Å². The van der Waals surface area contributed by atoms with Crippen LogP contribution in [0.4, 0.5) is 0 Å². The summed E-state index contributed by atoms with van der Waals surface area (Å²) in [6.45, 7) is 2.35. The van der Waals surface area contributed by atoms with Crippen LogP contribution in [0.15, 0.2) is 28.7 Å². The molecule has 1 unspecified atom stereocenters. The normalized spacial score (nSPS) is 17.1. The first-order valence-corrected chi connectivity index (χ1v) is 7.26. The van der Waals surface area contributed by atoms with Crippen molar-refractivity contribution in [3.8, 4) is 0 Å². The van der Waals surface area contributed by atoms with Gasteiger partial charge in [0.05, 0.1) is 6.61 Å². The lowest BCUT2D eigenvalue weighted by molar-refractivity contribution is 0.115. The summed E-state index contributed by atoms with van der Waals surface area (Å²) in [4.78, 5) is 2.49. The zero-order valence-corrected chi connectivity index (χ0v) is 12.4. The smallest absolute Gasteiger partial charge is 0.0590 e. The monoisotopic (exact) mass is 312 g/mol. The van der Waals surface area contributed by atoms with Gasteiger partial charge in [-0.3, -0.25) is 4.90 Å². The fourth-order valence-electron chi connectivity index (χ4n) is 2.38. The van der Waals surface area contributed by atoms with E-state index in [4.69, 9.17) is 10.5 Å². The number of nitrogens with zero attached hydrogens (tertiary/aromatic N) is 1. The highest BCUT2D eigenvalue weighted by molar-refractivity contribution is 9.10. The molecule has 0 spiro atoms. The first kappa shape index (κ1) is 14.0. The maximum atomic E-state index is 6.01. The van der Waals surface area contributed by atoms with Crippen LogP contribution in [0.1, 0.15) is 24.4 Å². The van der Waals surface area contributed by atoms with Crippen LogP contribution in [0.25, 0.3) is 0 Å². The third-order valence-corrected chi connectivity index (χ3v) is 4.18. The molecular formula is C14H21BrN2O. The van der Waals surface area contributed by atoms with E-state index in [-0.39, 0.29) is 6.04 Å². The predicted molar refractivity (Wildman–Crippen MR) is 77.5 cm³/mol. The minimum Gasteiger partial charge on any atom is -0.383 e. The molecule has 0 bridgehead atoms. The molecule has 0 heterocycles. The lowest BCUT2D eigenvalue weighted by Crippen LogP contribution is -2.37. The molecule has 0 aromatic heterocycles. The Kier molecular flexibility index (Phi) is 5.18. The van der Waals surface area contributed by atoms with Gasteiger partial charge in [0.1, 0.15) is 0 Å². The molecule has 0 aliphatic heterocycles. The Bertz CT molecular complexity index is 382. The third kappa shape index (κ3) is 3.32. The van der Waals surface area contributed by atoms with Gasteiger partial charge in [-0.2, -0.15) is 0 Å². The summed E-state index contributed by atoms with van der Waals surface area (Å²) in [5.74, 6) is 0. The Hall–Kier alpha value is -0.420. The van der Waals surface area contributed by atoms with Gasteiger partial charge in [-0.1, -0.05) is 34.1 Å². The van der Waals surface area contributed by atoms with E-state index < -0.39 is 0 Å². The van der Waals surface area contributed by atoms with Crippen LogP contribution in [-0.2, 0) is 4.74 Å². The van der Waals surface area contributed by atoms with Gasteiger partial charge >= 0.3 is 0 Å². The molecule has 0 saturated heterocycles. The van der Waals surface area contributed by atoms with Gasteiger partial charge in [0.25, 0.3) is 0 Å². The van der Waals surface area contributed by atoms with Crippen LogP contribution in [-0.4, -0.2) is 37.7 Å². The van der Waals surface area contributed by atoms with Crippen LogP contribution < -0.4 is 5.73 Å². The molecule has 2 N–H and O–H groups in total. The van der Waals surface area contributed by atoms with Crippen LogP contribution >= 0.6 is 15.9 Å². The maximum Gasteiger partial charge on any atom is 0.0590 e. The number of benzene rings is 1. The molecule has 4 heteroatoms. The molecule has 2 rings (SSSR count). The van der Waals surface area contributed by atoms with Crippen molar-refractivity contribution in [2.24, 2.45) is 5.73 Å². The number of nitrogens with two attached hydrogens (primary N) is 1. The topological polar surface area (TPSA) is 38.5 Å². The maximum absolute atomic E-state index is 6.01. The second-order valence-corrected chi connectivity index (χ2v) is 5.59. The standard InChI is InChI=1S/C14H21BrN2O/c1-18-9-8-17(11-6-7-11)14(10-16)12-4-2-3-5-13(12)15/h2-5,11,14H,6-10,16H2,1H3. The van der Waals surface area contributed by atoms with Crippen LogP contribution in [0.3, 0.4) is 0 Å². The summed E-state index contributed by atoms with van der Waals surface area (Å²) < 4.78 is 6.36. The molecule has 0 radical (unpaired) electrons. The molecular weight excluding hydrogens is 292 g/mol. The second kappa shape index (κ2) is 6.66. The molecule has 1 atom stereocenters. The first-order valence-electron chi connectivity index (χ1n) is 6.47. The van der Waals surface area contributed by atoms with E-state index in [1.54, 1.807) is 7.11 Å². The number of hydrogen-bond acceptors (Lipinski definition) is 3. The second-order valence-electron chi connectivity index (χ2n) is 4.73. The van der Waals surface area contributed by atoms with Crippen molar-refractivity contribution < 1.29 is 4.74 Å². The van der Waals surface area contributed by atoms with Crippen LogP contribution in [0.2, 0.25) is 0 Å². The first-order chi connectivity index (χ1) is 8.77. The van der Waals surface area contributed by atoms with Crippen molar-refractivity contribution >= 4 is 15.9 Å². The molecule has 1 saturated carbocycles. The van der Waals surface area contributed by atoms with Gasteiger partial charge in [-0.15, -0.1) is 0 Å². The highest BCUT2D eigenvalue weighted by Crippen LogP contribution is 2.35. The van der Waals surface area contributed by atoms with Crippen molar-refractivity contribution in [1.82, 2.24) is 4.90 Å². The van der Waals surface area contributed by atoms with Crippen LogP contribution in [0, 0.1) is 0 Å². The molecule has 18 heavy (non-hydrogen) atoms. The van der Waals surface area contributed by atoms with Gasteiger partial charge in [0, 0.05) is 36.8 Å². The Balaban J connectivity index is 2.17. The van der Waals surface area contributed by atoms with Crippen LogP contribution in [0.5, 0.6) is 0 Å². The number of methoxy groups -OCH3 is 1. The van der Waals surface area contributed by atoms with E-state index in [0.717, 1.165) is 17.6 Å². The molecule has 1 aromatic rings. The Labute approximate surface area is 117 Å². The molecule has 100 valence electrons. The van der Waals surface area contributed by atoms with Crippen molar-refractivity contribution in [3.05, 3.63) is 34.3 Å². The third-order valence-electron chi connectivity index (χ3n) is 3.46. The SMILES string of the molecule is COCCN(C1CC1)C(CN)c1ccccc1Br. The van der Waals surface area contributed by atoms with E-state index in [9.17, 15) is 0 Å². The highest BCUT2D eigenvalue weighted by Gasteiger charge is 2.34. The van der Waals surface area contributed by atoms with Crippen molar-refractivity contribution in [2.75, 3.05) is 26.8 Å². The van der Waals surface area contributed by atoms with E-state index in [1.165, 1.54) is 18.4 Å². The van der Waals surface area contributed by atoms with Crippen molar-refractivity contribution in [2.45, 2.75) is 24.9 Å². The Morgan fingerprint density at radius 1 is 1.44 bits per heavy atom. The number of hydrogen-bond donors (Lipinski definition) is 1. The minimum atomic E-state index is 0.281. The number of ether oxygens (including phenoxy) is 1. The molecule has 0 amide bonds. The molecule has 1 aliphatic carbocycles. The Morgan fingerprint density at radius 2 is 2.17 bits per heavy atom. The summed E-state index contributed by atoms with van der Waals surface area (Å²) in [6.07, 6.45) is 2.56. The fraction of sp³-hybridized carbons (Fsp3) is 0.571. The lowest BCUT2D eigenvalue weighted by Gasteiger charge is -2.31. The number of rotatable bonds is 7. The summed E-state index contributed by atoms with van der Waals surface area (Å²) >= 11 is 3.63. The molecule has 1 aliphatic rings. The van der Waals surface area contributed by atoms with E-state index in [1.807, 2.05) is 6.07 Å². The average Bonchev–Trinajstić information content (AvgIpc) is 3.20. The van der Waals surface area contributed by atoms with Gasteiger partial charge in [0.2, 0.25) is 0 Å². The van der Waals surface area contributed by atoms with Crippen molar-refractivity contribution in [1.29, 1.82) is 0 Å². The minimum absolute atomic E-state index is 0.281. The fourth-order valence-corrected chi connectivity index (χ4v) is 2.93. The van der Waals surface area contributed by atoms with Gasteiger partial charge in [-0.05, 0) is 24.5 Å². The Morgan fingerprint density at radius 3 is 2.72 bits per heavy atom. The molecule has 3 nitrogen and oxygen atoms in total. The summed E-state index contributed by atoms with van der Waals surface area (Å²) in [5, 5.41) is 0. The number of halogens is 1. The highest BCUT2D eigenvalue weighted by atomic mass is 79.9. The quantitative estimate of drug-likeness (QED) is 0.841. The zero-order valence-electron chi connectivity index (χ0n) is 10.8. The lowest BCUT2D eigenvalue weighted by atomic mass is 10.1. The largest absolute Gasteiger partial charge is 0.383 e. The van der Waals surface area contributed by atoms with Gasteiger partial charge < -0.3 is 10.5 Å². The molecule has 1 aromatic carbocycles.